The number of hydrogen-bond acceptors (Lipinski definition) is 5. The second-order valence-electron chi connectivity index (χ2n) is 5.82. The maximum atomic E-state index is 11.8. The Morgan fingerprint density at radius 3 is 2.75 bits per heavy atom. The van der Waals surface area contributed by atoms with Gasteiger partial charge in [-0.05, 0) is 31.7 Å². The van der Waals surface area contributed by atoms with Gasteiger partial charge in [-0.3, -0.25) is 4.79 Å². The van der Waals surface area contributed by atoms with Gasteiger partial charge in [0.15, 0.2) is 0 Å². The summed E-state index contributed by atoms with van der Waals surface area (Å²) in [6.45, 7) is 7.51. The van der Waals surface area contributed by atoms with Crippen molar-refractivity contribution in [2.24, 2.45) is 5.41 Å². The van der Waals surface area contributed by atoms with E-state index in [1.54, 1.807) is 6.92 Å². The molecule has 1 fully saturated rings. The van der Waals surface area contributed by atoms with Crippen LogP contribution in [0.5, 0.6) is 0 Å². The lowest BCUT2D eigenvalue weighted by atomic mass is 9.78. The zero-order valence-corrected chi connectivity index (χ0v) is 13.4. The van der Waals surface area contributed by atoms with Gasteiger partial charge in [-0.15, -0.1) is 0 Å². The van der Waals surface area contributed by atoms with Crippen molar-refractivity contribution in [3.05, 3.63) is 0 Å². The maximum absolute atomic E-state index is 11.8. The third-order valence-electron chi connectivity index (χ3n) is 3.72. The molecule has 1 rings (SSSR count). The molecule has 7 heteroatoms. The Bertz CT molecular complexity index is 420. The van der Waals surface area contributed by atoms with Gasteiger partial charge in [0.1, 0.15) is 0 Å². The summed E-state index contributed by atoms with van der Waals surface area (Å²) in [5.74, 6) is -0.701. The fourth-order valence-electron chi connectivity index (χ4n) is 2.35. The molecule has 1 unspecified atom stereocenters. The quantitative estimate of drug-likeness (QED) is 0.674. The number of sulfonamides is 1. The van der Waals surface area contributed by atoms with Crippen molar-refractivity contribution in [2.45, 2.75) is 46.1 Å². The minimum Gasteiger partial charge on any atom is -0.466 e. The van der Waals surface area contributed by atoms with E-state index < -0.39 is 16.0 Å². The molecule has 0 amide bonds. The Balaban J connectivity index is 2.41. The molecule has 0 saturated carbocycles. The number of esters is 1. The van der Waals surface area contributed by atoms with E-state index in [1.165, 1.54) is 0 Å². The molecule has 0 aromatic carbocycles. The van der Waals surface area contributed by atoms with Gasteiger partial charge in [-0.25, -0.2) is 13.1 Å². The van der Waals surface area contributed by atoms with E-state index in [2.05, 4.69) is 23.9 Å². The van der Waals surface area contributed by atoms with Crippen molar-refractivity contribution >= 4 is 16.0 Å². The van der Waals surface area contributed by atoms with E-state index in [9.17, 15) is 13.2 Å². The molecule has 1 aliphatic heterocycles. The SMILES string of the molecule is CCOC(=O)CCS(=O)(=O)NCC1NCCCC1(C)C. The first-order valence-corrected chi connectivity index (χ1v) is 8.78. The predicted molar refractivity (Wildman–Crippen MR) is 77.8 cm³/mol. The van der Waals surface area contributed by atoms with E-state index in [0.29, 0.717) is 6.54 Å². The van der Waals surface area contributed by atoms with Crippen molar-refractivity contribution in [3.8, 4) is 0 Å². The average molecular weight is 306 g/mol. The summed E-state index contributed by atoms with van der Waals surface area (Å²) in [6, 6.07) is 0.119. The highest BCUT2D eigenvalue weighted by Crippen LogP contribution is 2.29. The third kappa shape index (κ3) is 5.76. The van der Waals surface area contributed by atoms with E-state index >= 15 is 0 Å². The summed E-state index contributed by atoms with van der Waals surface area (Å²) in [6.07, 6.45) is 2.08. The van der Waals surface area contributed by atoms with E-state index in [1.807, 2.05) is 0 Å². The van der Waals surface area contributed by atoms with Gasteiger partial charge in [-0.1, -0.05) is 13.8 Å². The lowest BCUT2D eigenvalue weighted by Gasteiger charge is -2.39. The van der Waals surface area contributed by atoms with Gasteiger partial charge in [0.05, 0.1) is 18.8 Å². The van der Waals surface area contributed by atoms with E-state index in [0.717, 1.165) is 19.4 Å². The van der Waals surface area contributed by atoms with Gasteiger partial charge in [0.25, 0.3) is 0 Å². The zero-order chi connectivity index (χ0) is 15.2. The van der Waals surface area contributed by atoms with Gasteiger partial charge in [-0.2, -0.15) is 0 Å². The van der Waals surface area contributed by atoms with Gasteiger partial charge < -0.3 is 10.1 Å². The molecule has 6 nitrogen and oxygen atoms in total. The van der Waals surface area contributed by atoms with E-state index in [-0.39, 0.29) is 30.2 Å². The van der Waals surface area contributed by atoms with Gasteiger partial charge >= 0.3 is 5.97 Å². The van der Waals surface area contributed by atoms with Crippen LogP contribution in [-0.2, 0) is 19.6 Å². The summed E-state index contributed by atoms with van der Waals surface area (Å²) in [5.41, 5.74) is 0.0713. The molecule has 1 aliphatic rings. The summed E-state index contributed by atoms with van der Waals surface area (Å²) in [4.78, 5) is 11.2. The van der Waals surface area contributed by atoms with Crippen LogP contribution in [0.3, 0.4) is 0 Å². The maximum Gasteiger partial charge on any atom is 0.306 e. The van der Waals surface area contributed by atoms with Crippen molar-refractivity contribution in [2.75, 3.05) is 25.4 Å². The van der Waals surface area contributed by atoms with Crippen LogP contribution in [0.2, 0.25) is 0 Å². The van der Waals surface area contributed by atoms with Crippen LogP contribution in [0.25, 0.3) is 0 Å². The largest absolute Gasteiger partial charge is 0.466 e. The monoisotopic (exact) mass is 306 g/mol. The Labute approximate surface area is 121 Å². The molecule has 0 aliphatic carbocycles. The number of carbonyl (C=O) groups is 1. The molecule has 1 saturated heterocycles. The lowest BCUT2D eigenvalue weighted by molar-refractivity contribution is -0.142. The Morgan fingerprint density at radius 2 is 2.15 bits per heavy atom. The fraction of sp³-hybridized carbons (Fsp3) is 0.923. The van der Waals surface area contributed by atoms with Crippen LogP contribution < -0.4 is 10.0 Å². The van der Waals surface area contributed by atoms with E-state index in [4.69, 9.17) is 4.74 Å². The minimum absolute atomic E-state index is 0.0713. The smallest absolute Gasteiger partial charge is 0.306 e. The molecule has 2 N–H and O–H groups in total. The molecule has 0 radical (unpaired) electrons. The third-order valence-corrected chi connectivity index (χ3v) is 5.07. The molecule has 1 atom stereocenters. The number of nitrogens with one attached hydrogen (secondary N) is 2. The molecule has 0 bridgehead atoms. The lowest BCUT2D eigenvalue weighted by Crippen LogP contribution is -2.53. The van der Waals surface area contributed by atoms with Crippen LogP contribution in [0, 0.1) is 5.41 Å². The predicted octanol–water partition coefficient (Wildman–Crippen LogP) is 0.637. The minimum atomic E-state index is -3.44. The summed E-state index contributed by atoms with van der Waals surface area (Å²) in [5, 5.41) is 3.35. The number of ether oxygens (including phenoxy) is 1. The van der Waals surface area contributed by atoms with Crippen LogP contribution in [0.15, 0.2) is 0 Å². The number of carbonyl (C=O) groups excluding carboxylic acids is 1. The Morgan fingerprint density at radius 1 is 1.45 bits per heavy atom. The molecule has 118 valence electrons. The zero-order valence-electron chi connectivity index (χ0n) is 12.6. The number of piperidine rings is 1. The molecule has 0 spiro atoms. The molecule has 1 heterocycles. The molecule has 0 aromatic rings. The topological polar surface area (TPSA) is 84.5 Å². The first-order chi connectivity index (χ1) is 9.27. The molecule has 20 heavy (non-hydrogen) atoms. The van der Waals surface area contributed by atoms with Crippen LogP contribution in [-0.4, -0.2) is 45.9 Å². The van der Waals surface area contributed by atoms with Crippen LogP contribution in [0.4, 0.5) is 0 Å². The second-order valence-corrected chi connectivity index (χ2v) is 7.75. The van der Waals surface area contributed by atoms with Crippen molar-refractivity contribution in [3.63, 3.8) is 0 Å². The first kappa shape index (κ1) is 17.4. The van der Waals surface area contributed by atoms with Crippen molar-refractivity contribution < 1.29 is 17.9 Å². The normalized spacial score (nSPS) is 22.4. The van der Waals surface area contributed by atoms with Gasteiger partial charge in [0.2, 0.25) is 10.0 Å². The summed E-state index contributed by atoms with van der Waals surface area (Å²) < 4.78 is 31.0. The van der Waals surface area contributed by atoms with Crippen molar-refractivity contribution in [1.29, 1.82) is 0 Å². The standard InChI is InChI=1S/C13H26N2O4S/c1-4-19-12(16)6-9-20(17,18)15-10-11-13(2,3)7-5-8-14-11/h11,14-15H,4-10H2,1-3H3. The average Bonchev–Trinajstić information content (AvgIpc) is 2.35. The summed E-state index contributed by atoms with van der Waals surface area (Å²) >= 11 is 0. The van der Waals surface area contributed by atoms with Crippen molar-refractivity contribution in [1.82, 2.24) is 10.0 Å². The van der Waals surface area contributed by atoms with Crippen LogP contribution in [0.1, 0.15) is 40.0 Å². The molecule has 0 aromatic heterocycles. The summed E-state index contributed by atoms with van der Waals surface area (Å²) in [7, 11) is -3.44. The number of hydrogen-bond donors (Lipinski definition) is 2. The fourth-order valence-corrected chi connectivity index (χ4v) is 3.35. The highest BCUT2D eigenvalue weighted by atomic mass is 32.2. The highest BCUT2D eigenvalue weighted by molar-refractivity contribution is 7.89. The Kier molecular flexibility index (Phi) is 6.42. The van der Waals surface area contributed by atoms with Gasteiger partial charge in [0, 0.05) is 12.6 Å². The Hall–Kier alpha value is -0.660. The molecular weight excluding hydrogens is 280 g/mol. The van der Waals surface area contributed by atoms with Crippen LogP contribution >= 0.6 is 0 Å². The molecular formula is C13H26N2O4S. The highest BCUT2D eigenvalue weighted by Gasteiger charge is 2.32. The number of rotatable bonds is 7. The second kappa shape index (κ2) is 7.38. The first-order valence-electron chi connectivity index (χ1n) is 7.13.